The van der Waals surface area contributed by atoms with Gasteiger partial charge in [0.05, 0.1) is 18.0 Å². The predicted molar refractivity (Wildman–Crippen MR) is 93.9 cm³/mol. The SMILES string of the molecule is CN(CCOc1ccc(Br)cc1)C(=O)CNC(=O)c1cccs1. The molecule has 2 rings (SSSR count). The Kier molecular flexibility index (Phi) is 6.61. The van der Waals surface area contributed by atoms with Crippen LogP contribution >= 0.6 is 27.3 Å². The molecule has 0 saturated heterocycles. The Morgan fingerprint density at radius 2 is 2.00 bits per heavy atom. The summed E-state index contributed by atoms with van der Waals surface area (Å²) >= 11 is 4.70. The highest BCUT2D eigenvalue weighted by Crippen LogP contribution is 2.15. The van der Waals surface area contributed by atoms with Crippen molar-refractivity contribution in [1.29, 1.82) is 0 Å². The van der Waals surface area contributed by atoms with Crippen molar-refractivity contribution in [3.05, 3.63) is 51.1 Å². The van der Waals surface area contributed by atoms with E-state index in [2.05, 4.69) is 21.2 Å². The number of nitrogens with one attached hydrogen (secondary N) is 1. The van der Waals surface area contributed by atoms with Crippen LogP contribution in [0, 0.1) is 0 Å². The van der Waals surface area contributed by atoms with Crippen LogP contribution in [-0.2, 0) is 4.79 Å². The fourth-order valence-electron chi connectivity index (χ4n) is 1.74. The molecule has 5 nitrogen and oxygen atoms in total. The van der Waals surface area contributed by atoms with Gasteiger partial charge in [-0.05, 0) is 35.7 Å². The second-order valence-corrected chi connectivity index (χ2v) is 6.64. The average Bonchev–Trinajstić information content (AvgIpc) is 3.08. The Morgan fingerprint density at radius 3 is 2.65 bits per heavy atom. The largest absolute Gasteiger partial charge is 0.492 e. The molecule has 0 aliphatic carbocycles. The molecule has 1 aromatic heterocycles. The van der Waals surface area contributed by atoms with Gasteiger partial charge in [0.15, 0.2) is 0 Å². The van der Waals surface area contributed by atoms with E-state index >= 15 is 0 Å². The number of carbonyl (C=O) groups is 2. The first-order chi connectivity index (χ1) is 11.1. The lowest BCUT2D eigenvalue weighted by molar-refractivity contribution is -0.129. The molecule has 1 N–H and O–H groups in total. The van der Waals surface area contributed by atoms with Crippen molar-refractivity contribution >= 4 is 39.1 Å². The van der Waals surface area contributed by atoms with Crippen LogP contribution in [0.5, 0.6) is 5.75 Å². The van der Waals surface area contributed by atoms with Gasteiger partial charge < -0.3 is 15.0 Å². The molecule has 0 spiro atoms. The highest BCUT2D eigenvalue weighted by Gasteiger charge is 2.12. The van der Waals surface area contributed by atoms with E-state index in [0.717, 1.165) is 10.2 Å². The molecule has 0 fully saturated rings. The molecule has 0 unspecified atom stereocenters. The van der Waals surface area contributed by atoms with Gasteiger partial charge >= 0.3 is 0 Å². The maximum absolute atomic E-state index is 12.0. The maximum atomic E-state index is 12.0. The second-order valence-electron chi connectivity index (χ2n) is 4.78. The van der Waals surface area contributed by atoms with Crippen molar-refractivity contribution in [2.45, 2.75) is 0 Å². The molecule has 0 atom stereocenters. The number of amides is 2. The maximum Gasteiger partial charge on any atom is 0.261 e. The molecule has 0 radical (unpaired) electrons. The first kappa shape index (κ1) is 17.5. The molecule has 0 aliphatic heterocycles. The van der Waals surface area contributed by atoms with Crippen molar-refractivity contribution in [3.63, 3.8) is 0 Å². The van der Waals surface area contributed by atoms with Gasteiger partial charge in [-0.1, -0.05) is 22.0 Å². The van der Waals surface area contributed by atoms with E-state index in [-0.39, 0.29) is 18.4 Å². The van der Waals surface area contributed by atoms with Gasteiger partial charge in [0.1, 0.15) is 12.4 Å². The lowest BCUT2D eigenvalue weighted by Gasteiger charge is -2.17. The molecule has 23 heavy (non-hydrogen) atoms. The van der Waals surface area contributed by atoms with Crippen molar-refractivity contribution < 1.29 is 14.3 Å². The summed E-state index contributed by atoms with van der Waals surface area (Å²) in [4.78, 5) is 25.8. The van der Waals surface area contributed by atoms with E-state index in [0.29, 0.717) is 18.0 Å². The summed E-state index contributed by atoms with van der Waals surface area (Å²) in [6.07, 6.45) is 0. The van der Waals surface area contributed by atoms with Crippen LogP contribution in [0.3, 0.4) is 0 Å². The summed E-state index contributed by atoms with van der Waals surface area (Å²) < 4.78 is 6.55. The number of hydrogen-bond donors (Lipinski definition) is 1. The number of likely N-dealkylation sites (N-methyl/N-ethyl adjacent to an activating group) is 1. The quantitative estimate of drug-likeness (QED) is 0.782. The summed E-state index contributed by atoms with van der Waals surface area (Å²) in [5.74, 6) is 0.363. The number of halogens is 1. The van der Waals surface area contributed by atoms with Crippen molar-refractivity contribution in [3.8, 4) is 5.75 Å². The Balaban J connectivity index is 1.68. The molecular weight excluding hydrogens is 380 g/mol. The van der Waals surface area contributed by atoms with Gasteiger partial charge in [0, 0.05) is 11.5 Å². The van der Waals surface area contributed by atoms with Crippen LogP contribution in [0.4, 0.5) is 0 Å². The summed E-state index contributed by atoms with van der Waals surface area (Å²) in [5.41, 5.74) is 0. The number of carbonyl (C=O) groups excluding carboxylic acids is 2. The number of hydrogen-bond acceptors (Lipinski definition) is 4. The predicted octanol–water partition coefficient (Wildman–Crippen LogP) is 2.78. The zero-order valence-electron chi connectivity index (χ0n) is 12.6. The normalized spacial score (nSPS) is 10.2. The van der Waals surface area contributed by atoms with Crippen LogP contribution in [0.1, 0.15) is 9.67 Å². The number of ether oxygens (including phenoxy) is 1. The Labute approximate surface area is 147 Å². The Bertz CT molecular complexity index is 644. The highest BCUT2D eigenvalue weighted by atomic mass is 79.9. The lowest BCUT2D eigenvalue weighted by atomic mass is 10.3. The van der Waals surface area contributed by atoms with E-state index in [1.54, 1.807) is 19.2 Å². The standard InChI is InChI=1S/C16H17BrN2O3S/c1-19(8-9-22-13-6-4-12(17)5-7-13)15(20)11-18-16(21)14-3-2-10-23-14/h2-7,10H,8-9,11H2,1H3,(H,18,21). The second kappa shape index (κ2) is 8.69. The lowest BCUT2D eigenvalue weighted by Crippen LogP contribution is -2.39. The van der Waals surface area contributed by atoms with Gasteiger partial charge in [0.25, 0.3) is 5.91 Å². The third kappa shape index (κ3) is 5.69. The van der Waals surface area contributed by atoms with Crippen molar-refractivity contribution in [2.24, 2.45) is 0 Å². The Morgan fingerprint density at radius 1 is 1.26 bits per heavy atom. The monoisotopic (exact) mass is 396 g/mol. The molecule has 7 heteroatoms. The van der Waals surface area contributed by atoms with Crippen LogP contribution in [-0.4, -0.2) is 43.5 Å². The van der Waals surface area contributed by atoms with Gasteiger partial charge in [-0.15, -0.1) is 11.3 Å². The third-order valence-corrected chi connectivity index (χ3v) is 4.48. The minimum Gasteiger partial charge on any atom is -0.492 e. The van der Waals surface area contributed by atoms with Gasteiger partial charge in [-0.2, -0.15) is 0 Å². The molecule has 2 aromatic rings. The summed E-state index contributed by atoms with van der Waals surface area (Å²) in [5, 5.41) is 4.44. The molecular formula is C16H17BrN2O3S. The number of benzene rings is 1. The van der Waals surface area contributed by atoms with E-state index in [9.17, 15) is 9.59 Å². The molecule has 0 saturated carbocycles. The Hall–Kier alpha value is -1.86. The first-order valence-electron chi connectivity index (χ1n) is 7.00. The fraction of sp³-hybridized carbons (Fsp3) is 0.250. The zero-order valence-corrected chi connectivity index (χ0v) is 15.0. The molecule has 1 heterocycles. The van der Waals surface area contributed by atoms with Gasteiger partial charge in [-0.25, -0.2) is 0 Å². The third-order valence-electron chi connectivity index (χ3n) is 3.08. The number of nitrogens with zero attached hydrogens (tertiary/aromatic N) is 1. The zero-order chi connectivity index (χ0) is 16.7. The van der Waals surface area contributed by atoms with E-state index in [1.165, 1.54) is 16.2 Å². The minimum absolute atomic E-state index is 0.0223. The van der Waals surface area contributed by atoms with Gasteiger partial charge in [0.2, 0.25) is 5.91 Å². The molecule has 0 aliphatic rings. The van der Waals surface area contributed by atoms with Crippen molar-refractivity contribution in [1.82, 2.24) is 10.2 Å². The van der Waals surface area contributed by atoms with Crippen molar-refractivity contribution in [2.75, 3.05) is 26.7 Å². The molecule has 2 amide bonds. The average molecular weight is 397 g/mol. The molecule has 122 valence electrons. The van der Waals surface area contributed by atoms with Crippen LogP contribution < -0.4 is 10.1 Å². The topological polar surface area (TPSA) is 58.6 Å². The minimum atomic E-state index is -0.229. The molecule has 0 bridgehead atoms. The van der Waals surface area contributed by atoms with E-state index in [4.69, 9.17) is 4.74 Å². The summed E-state index contributed by atoms with van der Waals surface area (Å²) in [6.45, 7) is 0.817. The van der Waals surface area contributed by atoms with E-state index in [1.807, 2.05) is 29.6 Å². The van der Waals surface area contributed by atoms with E-state index < -0.39 is 0 Å². The van der Waals surface area contributed by atoms with Crippen LogP contribution in [0.2, 0.25) is 0 Å². The number of rotatable bonds is 7. The highest BCUT2D eigenvalue weighted by molar-refractivity contribution is 9.10. The van der Waals surface area contributed by atoms with Gasteiger partial charge in [-0.3, -0.25) is 9.59 Å². The molecule has 1 aromatic carbocycles. The fourth-order valence-corrected chi connectivity index (χ4v) is 2.65. The number of thiophene rings is 1. The first-order valence-corrected chi connectivity index (χ1v) is 8.67. The van der Waals surface area contributed by atoms with Crippen LogP contribution in [0.15, 0.2) is 46.3 Å². The summed E-state index contributed by atoms with van der Waals surface area (Å²) in [7, 11) is 1.69. The van der Waals surface area contributed by atoms with Crippen LogP contribution in [0.25, 0.3) is 0 Å². The smallest absolute Gasteiger partial charge is 0.261 e. The summed E-state index contributed by atoms with van der Waals surface area (Å²) in [6, 6.07) is 11.0.